The summed E-state index contributed by atoms with van der Waals surface area (Å²) in [6.07, 6.45) is 4.80. The lowest BCUT2D eigenvalue weighted by molar-refractivity contribution is -0.117. The topological polar surface area (TPSA) is 78.8 Å². The Morgan fingerprint density at radius 1 is 1.03 bits per heavy atom. The van der Waals surface area contributed by atoms with Crippen LogP contribution in [0, 0.1) is 0 Å². The molecule has 2 heterocycles. The molecule has 1 unspecified atom stereocenters. The maximum absolute atomic E-state index is 12.7. The van der Waals surface area contributed by atoms with Crippen molar-refractivity contribution in [2.24, 2.45) is 4.40 Å². The van der Waals surface area contributed by atoms with Crippen LogP contribution in [0.25, 0.3) is 11.1 Å². The lowest BCUT2D eigenvalue weighted by Crippen LogP contribution is -2.38. The molecule has 0 radical (unpaired) electrons. The molecule has 0 bridgehead atoms. The number of rotatable bonds is 4. The number of benzene rings is 2. The molecule has 0 aliphatic carbocycles. The molecule has 148 valence electrons. The summed E-state index contributed by atoms with van der Waals surface area (Å²) in [4.78, 5) is 14.3. The van der Waals surface area contributed by atoms with Crippen LogP contribution in [0.15, 0.2) is 82.9 Å². The molecule has 4 rings (SSSR count). The van der Waals surface area contributed by atoms with Crippen molar-refractivity contribution in [1.29, 1.82) is 0 Å². The van der Waals surface area contributed by atoms with Gasteiger partial charge in [-0.05, 0) is 35.8 Å². The van der Waals surface area contributed by atoms with Crippen molar-refractivity contribution in [2.45, 2.75) is 13.0 Å². The third kappa shape index (κ3) is 4.30. The van der Waals surface area contributed by atoms with Crippen LogP contribution in [0.2, 0.25) is 0 Å². The smallest absolute Gasteiger partial charge is 0.256 e. The summed E-state index contributed by atoms with van der Waals surface area (Å²) >= 11 is 0. The van der Waals surface area contributed by atoms with Crippen molar-refractivity contribution in [3.8, 4) is 11.1 Å². The number of hydrogen-bond donors (Lipinski definition) is 1. The van der Waals surface area contributed by atoms with E-state index in [1.165, 1.54) is 0 Å². The molecule has 0 aromatic heterocycles. The maximum atomic E-state index is 12.7. The molecule has 1 N–H and O–H groups in total. The molecule has 0 saturated heterocycles. The molecular weight excluding hydrogens is 386 g/mol. The molecule has 7 heteroatoms. The zero-order valence-electron chi connectivity index (χ0n) is 15.9. The molecule has 1 amide bonds. The standard InChI is InChI=1S/C22H21N3O3S/c1-16(17-7-9-19(10-8-17)18-5-3-2-4-6-18)23-22(26)20-11-12-21-24-29(27,28)14-13-25(21)15-20/h2-12,15-16H,13-14H2,1H3,(H,23,26). The summed E-state index contributed by atoms with van der Waals surface area (Å²) in [6.45, 7) is 2.22. The summed E-state index contributed by atoms with van der Waals surface area (Å²) < 4.78 is 26.9. The largest absolute Gasteiger partial charge is 0.345 e. The van der Waals surface area contributed by atoms with E-state index in [2.05, 4.69) is 21.8 Å². The van der Waals surface area contributed by atoms with Gasteiger partial charge in [-0.15, -0.1) is 4.40 Å². The van der Waals surface area contributed by atoms with Crippen LogP contribution in [0.5, 0.6) is 0 Å². The van der Waals surface area contributed by atoms with Crippen LogP contribution in [0.1, 0.15) is 18.5 Å². The van der Waals surface area contributed by atoms with Gasteiger partial charge in [0.1, 0.15) is 5.84 Å². The van der Waals surface area contributed by atoms with E-state index in [1.54, 1.807) is 23.3 Å². The Bertz CT molecular complexity index is 1120. The van der Waals surface area contributed by atoms with Gasteiger partial charge >= 0.3 is 0 Å². The van der Waals surface area contributed by atoms with Crippen LogP contribution in [-0.2, 0) is 14.8 Å². The molecule has 0 fully saturated rings. The Morgan fingerprint density at radius 2 is 1.72 bits per heavy atom. The second-order valence-electron chi connectivity index (χ2n) is 7.03. The molecule has 6 nitrogen and oxygen atoms in total. The predicted octanol–water partition coefficient (Wildman–Crippen LogP) is 3.03. The number of hydrogen-bond acceptors (Lipinski definition) is 4. The first-order valence-corrected chi connectivity index (χ1v) is 11.0. The van der Waals surface area contributed by atoms with Crippen LogP contribution < -0.4 is 5.32 Å². The van der Waals surface area contributed by atoms with Gasteiger partial charge in [0.05, 0.1) is 17.4 Å². The Morgan fingerprint density at radius 3 is 2.45 bits per heavy atom. The van der Waals surface area contributed by atoms with Crippen molar-refractivity contribution >= 4 is 21.8 Å². The van der Waals surface area contributed by atoms with E-state index in [1.807, 2.05) is 49.4 Å². The fourth-order valence-electron chi connectivity index (χ4n) is 3.29. The highest BCUT2D eigenvalue weighted by atomic mass is 32.2. The molecule has 29 heavy (non-hydrogen) atoms. The number of fused-ring (bicyclic) bond motifs is 1. The van der Waals surface area contributed by atoms with Gasteiger partial charge in [-0.3, -0.25) is 4.79 Å². The van der Waals surface area contributed by atoms with Crippen molar-refractivity contribution in [1.82, 2.24) is 10.2 Å². The summed E-state index contributed by atoms with van der Waals surface area (Å²) in [5.41, 5.74) is 3.74. The number of sulfonamides is 1. The Balaban J connectivity index is 1.44. The molecule has 2 aromatic rings. The number of amides is 1. The molecule has 2 aromatic carbocycles. The normalized spacial score (nSPS) is 18.3. The first kappa shape index (κ1) is 19.1. The number of carbonyl (C=O) groups is 1. The van der Waals surface area contributed by atoms with Crippen LogP contribution in [0.3, 0.4) is 0 Å². The SMILES string of the molecule is CC(NC(=O)C1=CN2CCS(=O)(=O)N=C2C=C1)c1ccc(-c2ccccc2)cc1. The van der Waals surface area contributed by atoms with Crippen molar-refractivity contribution in [3.05, 3.63) is 84.1 Å². The first-order valence-electron chi connectivity index (χ1n) is 9.37. The van der Waals surface area contributed by atoms with Crippen molar-refractivity contribution in [2.75, 3.05) is 12.3 Å². The number of nitrogens with zero attached hydrogens (tertiary/aromatic N) is 2. The molecule has 1 atom stereocenters. The molecule has 2 aliphatic rings. The number of nitrogens with one attached hydrogen (secondary N) is 1. The van der Waals surface area contributed by atoms with Gasteiger partial charge in [0.2, 0.25) is 0 Å². The van der Waals surface area contributed by atoms with Gasteiger partial charge in [-0.2, -0.15) is 0 Å². The van der Waals surface area contributed by atoms with E-state index in [0.717, 1.165) is 16.7 Å². The Kier molecular flexibility index (Phi) is 5.07. The molecule has 0 saturated carbocycles. The average molecular weight is 407 g/mol. The first-order chi connectivity index (χ1) is 13.9. The van der Waals surface area contributed by atoms with Gasteiger partial charge < -0.3 is 10.2 Å². The zero-order chi connectivity index (χ0) is 20.4. The van der Waals surface area contributed by atoms with Gasteiger partial charge in [-0.1, -0.05) is 54.6 Å². The van der Waals surface area contributed by atoms with Gasteiger partial charge in [0.15, 0.2) is 0 Å². The van der Waals surface area contributed by atoms with E-state index in [-0.39, 0.29) is 17.7 Å². The van der Waals surface area contributed by atoms with E-state index in [9.17, 15) is 13.2 Å². The lowest BCUT2D eigenvalue weighted by atomic mass is 10.0. The highest BCUT2D eigenvalue weighted by Crippen LogP contribution is 2.22. The van der Waals surface area contributed by atoms with Crippen LogP contribution in [-0.4, -0.2) is 37.4 Å². The predicted molar refractivity (Wildman–Crippen MR) is 114 cm³/mol. The minimum atomic E-state index is -3.40. The second kappa shape index (κ2) is 7.67. The lowest BCUT2D eigenvalue weighted by Gasteiger charge is -2.27. The van der Waals surface area contributed by atoms with Crippen molar-refractivity contribution < 1.29 is 13.2 Å². The van der Waals surface area contributed by atoms with E-state index in [4.69, 9.17) is 0 Å². The average Bonchev–Trinajstić information content (AvgIpc) is 2.73. The van der Waals surface area contributed by atoms with E-state index >= 15 is 0 Å². The summed E-state index contributed by atoms with van der Waals surface area (Å²) in [7, 11) is -3.40. The summed E-state index contributed by atoms with van der Waals surface area (Å²) in [5.74, 6) is 0.0746. The highest BCUT2D eigenvalue weighted by molar-refractivity contribution is 7.90. The molecular formula is C22H21N3O3S. The monoisotopic (exact) mass is 407 g/mol. The Hall–Kier alpha value is -3.19. The van der Waals surface area contributed by atoms with Crippen LogP contribution >= 0.6 is 0 Å². The quantitative estimate of drug-likeness (QED) is 0.845. The fraction of sp³-hybridized carbons (Fsp3) is 0.182. The van der Waals surface area contributed by atoms with E-state index < -0.39 is 10.0 Å². The van der Waals surface area contributed by atoms with Crippen LogP contribution in [0.4, 0.5) is 0 Å². The minimum Gasteiger partial charge on any atom is -0.345 e. The fourth-order valence-corrected chi connectivity index (χ4v) is 4.26. The third-order valence-corrected chi connectivity index (χ3v) is 6.12. The van der Waals surface area contributed by atoms with Gasteiger partial charge in [-0.25, -0.2) is 8.42 Å². The molecule has 0 spiro atoms. The third-order valence-electron chi connectivity index (χ3n) is 4.95. The molecule has 2 aliphatic heterocycles. The Labute approximate surface area is 170 Å². The van der Waals surface area contributed by atoms with E-state index in [0.29, 0.717) is 18.0 Å². The number of amidine groups is 1. The van der Waals surface area contributed by atoms with Gasteiger partial charge in [0, 0.05) is 12.7 Å². The highest BCUT2D eigenvalue weighted by Gasteiger charge is 2.25. The summed E-state index contributed by atoms with van der Waals surface area (Å²) in [5, 5.41) is 2.99. The van der Waals surface area contributed by atoms with Crippen molar-refractivity contribution in [3.63, 3.8) is 0 Å². The number of carbonyl (C=O) groups excluding carboxylic acids is 1. The summed E-state index contributed by atoms with van der Waals surface area (Å²) in [6, 6.07) is 18.1. The minimum absolute atomic E-state index is 0.0556. The van der Waals surface area contributed by atoms with Gasteiger partial charge in [0.25, 0.3) is 15.9 Å². The zero-order valence-corrected chi connectivity index (χ0v) is 16.8. The maximum Gasteiger partial charge on any atom is 0.256 e. The second-order valence-corrected chi connectivity index (χ2v) is 8.78.